The predicted octanol–water partition coefficient (Wildman–Crippen LogP) is 4.34. The Morgan fingerprint density at radius 3 is 2.21 bits per heavy atom. The lowest BCUT2D eigenvalue weighted by Crippen LogP contribution is -2.12. The minimum atomic E-state index is -0.384. The van der Waals surface area contributed by atoms with Gasteiger partial charge in [-0.15, -0.1) is 0 Å². The molecule has 1 heterocycles. The molecule has 24 heavy (non-hydrogen) atoms. The molecule has 0 fully saturated rings. The molecule has 0 spiro atoms. The molecule has 0 saturated carbocycles. The van der Waals surface area contributed by atoms with Crippen LogP contribution in [0, 0.1) is 31.0 Å². The van der Waals surface area contributed by atoms with Crippen LogP contribution in [-0.4, -0.2) is 4.98 Å². The highest BCUT2D eigenvalue weighted by Crippen LogP contribution is 2.27. The molecule has 0 bridgehead atoms. The van der Waals surface area contributed by atoms with E-state index in [4.69, 9.17) is 0 Å². The number of rotatable bonds is 2. The third kappa shape index (κ3) is 2.84. The molecule has 2 aromatic carbocycles. The smallest absolute Gasteiger partial charge is 0.266 e. The average Bonchev–Trinajstić information content (AvgIpc) is 2.57. The number of halogens is 1. The highest BCUT2D eigenvalue weighted by Gasteiger charge is 2.10. The van der Waals surface area contributed by atoms with Crippen molar-refractivity contribution in [3.05, 3.63) is 81.5 Å². The van der Waals surface area contributed by atoms with Crippen LogP contribution in [0.4, 0.5) is 4.39 Å². The van der Waals surface area contributed by atoms with E-state index in [2.05, 4.69) is 4.98 Å². The van der Waals surface area contributed by atoms with Gasteiger partial charge in [-0.1, -0.05) is 30.3 Å². The Morgan fingerprint density at radius 2 is 1.58 bits per heavy atom. The van der Waals surface area contributed by atoms with Gasteiger partial charge in [0.1, 0.15) is 17.4 Å². The Hall–Kier alpha value is -3.19. The standard InChI is InChI=1S/C20H15FN2O/c1-12-9-16(7-8-19(12)21)14-3-5-15(6-4-14)17-10-13(2)23-20(24)18(17)11-22/h3-10H,1-2H3,(H,23,24). The summed E-state index contributed by atoms with van der Waals surface area (Å²) in [5, 5.41) is 9.24. The van der Waals surface area contributed by atoms with Gasteiger partial charge in [0.05, 0.1) is 0 Å². The summed E-state index contributed by atoms with van der Waals surface area (Å²) in [6, 6.07) is 16.3. The van der Waals surface area contributed by atoms with Gasteiger partial charge in [0.25, 0.3) is 5.56 Å². The van der Waals surface area contributed by atoms with Crippen molar-refractivity contribution < 1.29 is 4.39 Å². The quantitative estimate of drug-likeness (QED) is 0.764. The fourth-order valence-corrected chi connectivity index (χ4v) is 2.69. The monoisotopic (exact) mass is 318 g/mol. The van der Waals surface area contributed by atoms with Crippen molar-refractivity contribution in [1.29, 1.82) is 5.26 Å². The molecule has 118 valence electrons. The molecule has 3 nitrogen and oxygen atoms in total. The lowest BCUT2D eigenvalue weighted by molar-refractivity contribution is 0.619. The maximum absolute atomic E-state index is 13.4. The van der Waals surface area contributed by atoms with Crippen LogP contribution in [0.5, 0.6) is 0 Å². The van der Waals surface area contributed by atoms with Gasteiger partial charge in [-0.2, -0.15) is 5.26 Å². The van der Waals surface area contributed by atoms with Gasteiger partial charge < -0.3 is 4.98 Å². The number of nitrogens with one attached hydrogen (secondary N) is 1. The van der Waals surface area contributed by atoms with E-state index in [0.717, 1.165) is 16.7 Å². The molecule has 1 aromatic heterocycles. The van der Waals surface area contributed by atoms with Crippen LogP contribution in [-0.2, 0) is 0 Å². The van der Waals surface area contributed by atoms with Crippen LogP contribution in [0.1, 0.15) is 16.8 Å². The summed E-state index contributed by atoms with van der Waals surface area (Å²) in [5.74, 6) is -0.229. The first-order chi connectivity index (χ1) is 11.5. The summed E-state index contributed by atoms with van der Waals surface area (Å²) < 4.78 is 13.4. The first kappa shape index (κ1) is 15.7. The zero-order valence-corrected chi connectivity index (χ0v) is 13.4. The molecule has 0 aliphatic carbocycles. The van der Waals surface area contributed by atoms with Gasteiger partial charge in [-0.05, 0) is 54.3 Å². The Labute approximate surface area is 139 Å². The fraction of sp³-hybridized carbons (Fsp3) is 0.100. The molecular weight excluding hydrogens is 303 g/mol. The van der Waals surface area contributed by atoms with Crippen molar-refractivity contribution in [1.82, 2.24) is 4.98 Å². The second kappa shape index (κ2) is 6.13. The molecule has 0 amide bonds. The maximum Gasteiger partial charge on any atom is 0.266 e. The van der Waals surface area contributed by atoms with Gasteiger partial charge in [0, 0.05) is 11.3 Å². The van der Waals surface area contributed by atoms with Crippen molar-refractivity contribution in [3.63, 3.8) is 0 Å². The van der Waals surface area contributed by atoms with E-state index < -0.39 is 0 Å². The molecule has 0 aliphatic heterocycles. The number of benzene rings is 2. The van der Waals surface area contributed by atoms with Gasteiger partial charge >= 0.3 is 0 Å². The molecule has 0 unspecified atom stereocenters. The number of aromatic nitrogens is 1. The first-order valence-corrected chi connectivity index (χ1v) is 7.50. The second-order valence-corrected chi connectivity index (χ2v) is 5.72. The number of hydrogen-bond donors (Lipinski definition) is 1. The number of aromatic amines is 1. The van der Waals surface area contributed by atoms with Gasteiger partial charge in [0.15, 0.2) is 0 Å². The molecule has 4 heteroatoms. The normalized spacial score (nSPS) is 10.4. The van der Waals surface area contributed by atoms with Crippen LogP contribution in [0.15, 0.2) is 53.3 Å². The van der Waals surface area contributed by atoms with Crippen LogP contribution in [0.25, 0.3) is 22.3 Å². The minimum absolute atomic E-state index is 0.103. The topological polar surface area (TPSA) is 56.6 Å². The molecule has 3 rings (SSSR count). The van der Waals surface area contributed by atoms with E-state index in [1.165, 1.54) is 6.07 Å². The number of pyridine rings is 1. The van der Waals surface area contributed by atoms with Crippen LogP contribution in [0.3, 0.4) is 0 Å². The van der Waals surface area contributed by atoms with Crippen molar-refractivity contribution in [2.24, 2.45) is 0 Å². The lowest BCUT2D eigenvalue weighted by atomic mass is 9.97. The summed E-state index contributed by atoms with van der Waals surface area (Å²) in [4.78, 5) is 14.5. The summed E-state index contributed by atoms with van der Waals surface area (Å²) in [6.45, 7) is 3.51. The molecule has 1 N–H and O–H groups in total. The van der Waals surface area contributed by atoms with Crippen LogP contribution >= 0.6 is 0 Å². The molecule has 0 radical (unpaired) electrons. The maximum atomic E-state index is 13.4. The summed E-state index contributed by atoms with van der Waals surface area (Å²) in [5.41, 5.74) is 4.28. The number of nitriles is 1. The van der Waals surface area contributed by atoms with Crippen LogP contribution < -0.4 is 5.56 Å². The van der Waals surface area contributed by atoms with Gasteiger partial charge in [-0.25, -0.2) is 4.39 Å². The summed E-state index contributed by atoms with van der Waals surface area (Å²) >= 11 is 0. The van der Waals surface area contributed by atoms with E-state index in [0.29, 0.717) is 16.8 Å². The molecular formula is C20H15FN2O. The molecule has 0 aliphatic rings. The highest BCUT2D eigenvalue weighted by atomic mass is 19.1. The molecule has 3 aromatic rings. The SMILES string of the molecule is Cc1cc(-c2ccc(-c3ccc(F)c(C)c3)cc2)c(C#N)c(=O)[nH]1. The third-order valence-electron chi connectivity index (χ3n) is 3.97. The Kier molecular flexibility index (Phi) is 4.01. The van der Waals surface area contributed by atoms with Crippen molar-refractivity contribution in [2.75, 3.05) is 0 Å². The minimum Gasteiger partial charge on any atom is -0.325 e. The zero-order chi connectivity index (χ0) is 17.3. The largest absolute Gasteiger partial charge is 0.325 e. The lowest BCUT2D eigenvalue weighted by Gasteiger charge is -2.08. The van der Waals surface area contributed by atoms with E-state index >= 15 is 0 Å². The number of H-pyrrole nitrogens is 1. The first-order valence-electron chi connectivity index (χ1n) is 7.50. The van der Waals surface area contributed by atoms with E-state index in [1.807, 2.05) is 30.3 Å². The van der Waals surface area contributed by atoms with E-state index in [-0.39, 0.29) is 16.9 Å². The second-order valence-electron chi connectivity index (χ2n) is 5.72. The van der Waals surface area contributed by atoms with Crippen molar-refractivity contribution in [3.8, 4) is 28.3 Å². The summed E-state index contributed by atoms with van der Waals surface area (Å²) in [6.07, 6.45) is 0. The van der Waals surface area contributed by atoms with Gasteiger partial charge in [0.2, 0.25) is 0 Å². The highest BCUT2D eigenvalue weighted by molar-refractivity contribution is 5.74. The predicted molar refractivity (Wildman–Crippen MR) is 92.1 cm³/mol. The van der Waals surface area contributed by atoms with Crippen molar-refractivity contribution in [2.45, 2.75) is 13.8 Å². The van der Waals surface area contributed by atoms with Crippen LogP contribution in [0.2, 0.25) is 0 Å². The Morgan fingerprint density at radius 1 is 0.958 bits per heavy atom. The van der Waals surface area contributed by atoms with Crippen molar-refractivity contribution >= 4 is 0 Å². The van der Waals surface area contributed by atoms with E-state index in [1.54, 1.807) is 32.0 Å². The number of hydrogen-bond acceptors (Lipinski definition) is 2. The van der Waals surface area contributed by atoms with E-state index in [9.17, 15) is 14.4 Å². The number of nitrogens with zero attached hydrogens (tertiary/aromatic N) is 1. The third-order valence-corrected chi connectivity index (χ3v) is 3.97. The molecule has 0 atom stereocenters. The van der Waals surface area contributed by atoms with Gasteiger partial charge in [-0.3, -0.25) is 4.79 Å². The fourth-order valence-electron chi connectivity index (χ4n) is 2.69. The average molecular weight is 318 g/mol. The Bertz CT molecular complexity index is 1010. The Balaban J connectivity index is 2.06. The number of aryl methyl sites for hydroxylation is 2. The summed E-state index contributed by atoms with van der Waals surface area (Å²) in [7, 11) is 0. The zero-order valence-electron chi connectivity index (χ0n) is 13.4. The molecule has 0 saturated heterocycles.